The Kier molecular flexibility index (Phi) is 4.37. The molecular formula is C14H14BF2NO2. The molecule has 0 aliphatic heterocycles. The molecule has 0 aliphatic rings. The molecule has 3 nitrogen and oxygen atoms in total. The molecule has 0 unspecified atom stereocenters. The zero-order valence-electron chi connectivity index (χ0n) is 10.9. The van der Waals surface area contributed by atoms with Crippen molar-refractivity contribution >= 4 is 18.3 Å². The number of nitrogens with zero attached hydrogens (tertiary/aromatic N) is 1. The Bertz CT molecular complexity index is 607. The first-order chi connectivity index (χ1) is 9.49. The van der Waals surface area contributed by atoms with E-state index in [2.05, 4.69) is 0 Å². The van der Waals surface area contributed by atoms with Crippen molar-refractivity contribution in [2.45, 2.75) is 6.54 Å². The van der Waals surface area contributed by atoms with E-state index in [1.807, 2.05) is 0 Å². The number of anilines is 1. The SMILES string of the molecule is CN(Cc1ccc(F)c(B(O)O)c1)c1ccccc1F. The van der Waals surface area contributed by atoms with Gasteiger partial charge in [-0.2, -0.15) is 0 Å². The molecule has 2 aromatic carbocycles. The molecular weight excluding hydrogens is 263 g/mol. The lowest BCUT2D eigenvalue weighted by atomic mass is 9.79. The molecule has 0 amide bonds. The van der Waals surface area contributed by atoms with Crippen LogP contribution in [0.4, 0.5) is 14.5 Å². The van der Waals surface area contributed by atoms with Crippen LogP contribution in [0.1, 0.15) is 5.56 Å². The minimum atomic E-state index is -1.87. The third kappa shape index (κ3) is 3.15. The first kappa shape index (κ1) is 14.5. The topological polar surface area (TPSA) is 43.7 Å². The van der Waals surface area contributed by atoms with Crippen LogP contribution in [0.5, 0.6) is 0 Å². The Morgan fingerprint density at radius 3 is 2.40 bits per heavy atom. The summed E-state index contributed by atoms with van der Waals surface area (Å²) in [6.07, 6.45) is 0. The highest BCUT2D eigenvalue weighted by Crippen LogP contribution is 2.19. The van der Waals surface area contributed by atoms with Crippen LogP contribution in [-0.2, 0) is 6.54 Å². The van der Waals surface area contributed by atoms with Gasteiger partial charge in [0, 0.05) is 19.1 Å². The van der Waals surface area contributed by atoms with E-state index in [0.29, 0.717) is 17.8 Å². The van der Waals surface area contributed by atoms with Crippen molar-refractivity contribution in [3.8, 4) is 0 Å². The first-order valence-electron chi connectivity index (χ1n) is 6.09. The molecule has 0 saturated carbocycles. The number of para-hydroxylation sites is 1. The normalized spacial score (nSPS) is 10.4. The van der Waals surface area contributed by atoms with Crippen LogP contribution in [0, 0.1) is 11.6 Å². The molecule has 0 bridgehead atoms. The monoisotopic (exact) mass is 277 g/mol. The van der Waals surface area contributed by atoms with Crippen molar-refractivity contribution in [1.29, 1.82) is 0 Å². The summed E-state index contributed by atoms with van der Waals surface area (Å²) in [6.45, 7) is 0.320. The predicted octanol–water partition coefficient (Wildman–Crippen LogP) is 1.28. The Labute approximate surface area is 116 Å². The van der Waals surface area contributed by atoms with Crippen molar-refractivity contribution in [1.82, 2.24) is 0 Å². The van der Waals surface area contributed by atoms with Crippen molar-refractivity contribution in [2.75, 3.05) is 11.9 Å². The lowest BCUT2D eigenvalue weighted by Crippen LogP contribution is -2.33. The van der Waals surface area contributed by atoms with Crippen molar-refractivity contribution in [3.05, 3.63) is 59.7 Å². The maximum Gasteiger partial charge on any atom is 0.491 e. The van der Waals surface area contributed by atoms with Gasteiger partial charge in [-0.15, -0.1) is 0 Å². The van der Waals surface area contributed by atoms with E-state index in [1.165, 1.54) is 24.3 Å². The highest BCUT2D eigenvalue weighted by atomic mass is 19.1. The fourth-order valence-electron chi connectivity index (χ4n) is 2.01. The number of hydrogen-bond acceptors (Lipinski definition) is 3. The fraction of sp³-hybridized carbons (Fsp3) is 0.143. The van der Waals surface area contributed by atoms with E-state index in [-0.39, 0.29) is 11.3 Å². The second-order valence-corrected chi connectivity index (χ2v) is 4.54. The summed E-state index contributed by atoms with van der Waals surface area (Å²) in [5, 5.41) is 18.1. The highest BCUT2D eigenvalue weighted by molar-refractivity contribution is 6.58. The molecule has 0 saturated heterocycles. The molecule has 0 aromatic heterocycles. The summed E-state index contributed by atoms with van der Waals surface area (Å²) in [4.78, 5) is 1.66. The van der Waals surface area contributed by atoms with Gasteiger partial charge in [0.2, 0.25) is 0 Å². The van der Waals surface area contributed by atoms with Crippen LogP contribution in [0.3, 0.4) is 0 Å². The summed E-state index contributed by atoms with van der Waals surface area (Å²) in [7, 11) is -0.162. The molecule has 20 heavy (non-hydrogen) atoms. The van der Waals surface area contributed by atoms with Gasteiger partial charge in [-0.1, -0.05) is 24.3 Å². The summed E-state index contributed by atoms with van der Waals surface area (Å²) >= 11 is 0. The van der Waals surface area contributed by atoms with Crippen molar-refractivity contribution in [3.63, 3.8) is 0 Å². The number of benzene rings is 2. The van der Waals surface area contributed by atoms with E-state index in [1.54, 1.807) is 30.1 Å². The van der Waals surface area contributed by atoms with Crippen LogP contribution in [0.2, 0.25) is 0 Å². The van der Waals surface area contributed by atoms with E-state index in [9.17, 15) is 8.78 Å². The maximum atomic E-state index is 13.6. The quantitative estimate of drug-likeness (QED) is 0.827. The van der Waals surface area contributed by atoms with Gasteiger partial charge in [0.1, 0.15) is 11.6 Å². The third-order valence-electron chi connectivity index (χ3n) is 3.02. The van der Waals surface area contributed by atoms with E-state index in [0.717, 1.165) is 0 Å². The molecule has 0 fully saturated rings. The molecule has 0 aliphatic carbocycles. The summed E-state index contributed by atoms with van der Waals surface area (Å²) in [5.41, 5.74) is 0.882. The third-order valence-corrected chi connectivity index (χ3v) is 3.02. The smallest absolute Gasteiger partial charge is 0.423 e. The average molecular weight is 277 g/mol. The average Bonchev–Trinajstić information content (AvgIpc) is 2.41. The fourth-order valence-corrected chi connectivity index (χ4v) is 2.01. The molecule has 6 heteroatoms. The van der Waals surface area contributed by atoms with Gasteiger partial charge in [-0.25, -0.2) is 8.78 Å². The Morgan fingerprint density at radius 2 is 1.75 bits per heavy atom. The Balaban J connectivity index is 2.22. The standard InChI is InChI=1S/C14H14BF2NO2/c1-18(14-5-3-2-4-13(14)17)9-10-6-7-12(16)11(8-10)15(19)20/h2-8,19-20H,9H2,1H3. The summed E-state index contributed by atoms with van der Waals surface area (Å²) < 4.78 is 27.0. The molecule has 0 atom stereocenters. The zero-order chi connectivity index (χ0) is 14.7. The van der Waals surface area contributed by atoms with Crippen LogP contribution < -0.4 is 10.4 Å². The van der Waals surface area contributed by atoms with Gasteiger partial charge in [-0.3, -0.25) is 0 Å². The predicted molar refractivity (Wildman–Crippen MR) is 74.7 cm³/mol. The number of hydrogen-bond donors (Lipinski definition) is 2. The molecule has 2 rings (SSSR count). The second kappa shape index (κ2) is 6.03. The van der Waals surface area contributed by atoms with Gasteiger partial charge in [-0.05, 0) is 23.8 Å². The van der Waals surface area contributed by atoms with Crippen molar-refractivity contribution in [2.24, 2.45) is 0 Å². The van der Waals surface area contributed by atoms with Gasteiger partial charge in [0.25, 0.3) is 0 Å². The minimum absolute atomic E-state index is 0.190. The molecule has 0 spiro atoms. The summed E-state index contributed by atoms with van der Waals surface area (Å²) in [6, 6.07) is 10.4. The van der Waals surface area contributed by atoms with Crippen LogP contribution in [0.25, 0.3) is 0 Å². The van der Waals surface area contributed by atoms with Gasteiger partial charge >= 0.3 is 7.12 Å². The molecule has 0 radical (unpaired) electrons. The van der Waals surface area contributed by atoms with Gasteiger partial charge in [0.05, 0.1) is 5.69 Å². The summed E-state index contributed by atoms with van der Waals surface area (Å²) in [5.74, 6) is -1.03. The number of rotatable bonds is 4. The van der Waals surface area contributed by atoms with E-state index < -0.39 is 12.9 Å². The highest BCUT2D eigenvalue weighted by Gasteiger charge is 2.17. The largest absolute Gasteiger partial charge is 0.491 e. The molecule has 104 valence electrons. The molecule has 2 N–H and O–H groups in total. The number of halogens is 2. The first-order valence-corrected chi connectivity index (χ1v) is 6.09. The Hall–Kier alpha value is -1.92. The van der Waals surface area contributed by atoms with E-state index in [4.69, 9.17) is 10.0 Å². The van der Waals surface area contributed by atoms with Crippen LogP contribution in [0.15, 0.2) is 42.5 Å². The van der Waals surface area contributed by atoms with Gasteiger partial charge < -0.3 is 14.9 Å². The zero-order valence-corrected chi connectivity index (χ0v) is 10.9. The van der Waals surface area contributed by atoms with Crippen LogP contribution >= 0.6 is 0 Å². The lowest BCUT2D eigenvalue weighted by molar-refractivity contribution is 0.423. The lowest BCUT2D eigenvalue weighted by Gasteiger charge is -2.20. The Morgan fingerprint density at radius 1 is 1.05 bits per heavy atom. The molecule has 2 aromatic rings. The minimum Gasteiger partial charge on any atom is -0.423 e. The van der Waals surface area contributed by atoms with E-state index >= 15 is 0 Å². The van der Waals surface area contributed by atoms with Crippen molar-refractivity contribution < 1.29 is 18.8 Å². The van der Waals surface area contributed by atoms with Crippen LogP contribution in [-0.4, -0.2) is 24.2 Å². The molecule has 0 heterocycles. The maximum absolute atomic E-state index is 13.6. The van der Waals surface area contributed by atoms with Gasteiger partial charge in [0.15, 0.2) is 0 Å². The second-order valence-electron chi connectivity index (χ2n) is 4.54.